The SMILES string of the molecule is O=[N+]([O-])OCCCCCBr. The molecule has 0 radical (unpaired) electrons. The summed E-state index contributed by atoms with van der Waals surface area (Å²) in [5, 5.41) is 9.80. The summed E-state index contributed by atoms with van der Waals surface area (Å²) in [4.78, 5) is 13.7. The molecule has 0 aromatic heterocycles. The maximum atomic E-state index is 9.61. The standard InChI is InChI=1S/C5H10BrNO3/c6-4-2-1-3-5-10-7(8)9/h1-5H2. The van der Waals surface area contributed by atoms with E-state index in [1.165, 1.54) is 0 Å². The zero-order valence-electron chi connectivity index (χ0n) is 5.59. The Morgan fingerprint density at radius 2 is 2.10 bits per heavy atom. The molecule has 0 aliphatic carbocycles. The molecule has 0 rings (SSSR count). The Balaban J connectivity index is 2.84. The van der Waals surface area contributed by atoms with Gasteiger partial charge >= 0.3 is 0 Å². The van der Waals surface area contributed by atoms with E-state index in [9.17, 15) is 10.1 Å². The van der Waals surface area contributed by atoms with Crippen molar-refractivity contribution in [3.8, 4) is 0 Å². The van der Waals surface area contributed by atoms with Crippen molar-refractivity contribution in [1.82, 2.24) is 0 Å². The Bertz CT molecular complexity index is 98.9. The van der Waals surface area contributed by atoms with Gasteiger partial charge in [-0.1, -0.05) is 22.4 Å². The van der Waals surface area contributed by atoms with Gasteiger partial charge in [0.1, 0.15) is 0 Å². The lowest BCUT2D eigenvalue weighted by Gasteiger charge is -1.96. The topological polar surface area (TPSA) is 52.4 Å². The van der Waals surface area contributed by atoms with E-state index >= 15 is 0 Å². The molecule has 0 aliphatic rings. The highest BCUT2D eigenvalue weighted by molar-refractivity contribution is 9.09. The third-order valence-electron chi connectivity index (χ3n) is 0.975. The molecule has 0 aliphatic heterocycles. The van der Waals surface area contributed by atoms with Crippen LogP contribution in [0, 0.1) is 10.1 Å². The van der Waals surface area contributed by atoms with Gasteiger partial charge in [0.05, 0.1) is 6.61 Å². The van der Waals surface area contributed by atoms with E-state index in [-0.39, 0.29) is 6.61 Å². The Labute approximate surface area is 67.8 Å². The number of nitrogens with zero attached hydrogens (tertiary/aromatic N) is 1. The molecule has 0 aromatic rings. The van der Waals surface area contributed by atoms with E-state index in [2.05, 4.69) is 20.8 Å². The van der Waals surface area contributed by atoms with Crippen molar-refractivity contribution in [3.63, 3.8) is 0 Å². The van der Waals surface area contributed by atoms with Gasteiger partial charge in [0, 0.05) is 5.33 Å². The van der Waals surface area contributed by atoms with E-state index in [1.54, 1.807) is 0 Å². The molecule has 10 heavy (non-hydrogen) atoms. The second-order valence-electron chi connectivity index (χ2n) is 1.81. The van der Waals surface area contributed by atoms with Crippen molar-refractivity contribution < 1.29 is 9.92 Å². The van der Waals surface area contributed by atoms with Crippen molar-refractivity contribution in [2.24, 2.45) is 0 Å². The van der Waals surface area contributed by atoms with Crippen LogP contribution in [-0.2, 0) is 4.84 Å². The van der Waals surface area contributed by atoms with Crippen LogP contribution in [0.5, 0.6) is 0 Å². The third-order valence-corrected chi connectivity index (χ3v) is 1.54. The molecule has 0 amide bonds. The highest BCUT2D eigenvalue weighted by Gasteiger charge is 1.92. The molecule has 0 spiro atoms. The lowest BCUT2D eigenvalue weighted by atomic mass is 10.3. The van der Waals surface area contributed by atoms with Crippen molar-refractivity contribution in [2.45, 2.75) is 19.3 Å². The highest BCUT2D eigenvalue weighted by Crippen LogP contribution is 1.98. The largest absolute Gasteiger partial charge is 0.314 e. The van der Waals surface area contributed by atoms with Crippen LogP contribution in [-0.4, -0.2) is 17.0 Å². The molecular formula is C5H10BrNO3. The predicted molar refractivity (Wildman–Crippen MR) is 40.6 cm³/mol. The van der Waals surface area contributed by atoms with Gasteiger partial charge < -0.3 is 4.84 Å². The lowest BCUT2D eigenvalue weighted by molar-refractivity contribution is -0.757. The van der Waals surface area contributed by atoms with Crippen molar-refractivity contribution >= 4 is 15.9 Å². The molecule has 4 nitrogen and oxygen atoms in total. The van der Waals surface area contributed by atoms with Crippen LogP contribution < -0.4 is 0 Å². The van der Waals surface area contributed by atoms with E-state index in [0.29, 0.717) is 0 Å². The van der Waals surface area contributed by atoms with Crippen LogP contribution in [0.1, 0.15) is 19.3 Å². The van der Waals surface area contributed by atoms with Gasteiger partial charge in [-0.2, -0.15) is 0 Å². The summed E-state index contributed by atoms with van der Waals surface area (Å²) in [6.07, 6.45) is 2.77. The summed E-state index contributed by atoms with van der Waals surface area (Å²) >= 11 is 3.26. The molecule has 0 N–H and O–H groups in total. The normalized spacial score (nSPS) is 9.30. The fraction of sp³-hybridized carbons (Fsp3) is 1.00. The van der Waals surface area contributed by atoms with Gasteiger partial charge in [0.25, 0.3) is 5.09 Å². The van der Waals surface area contributed by atoms with E-state index < -0.39 is 5.09 Å². The quantitative estimate of drug-likeness (QED) is 0.291. The summed E-state index contributed by atoms with van der Waals surface area (Å²) < 4.78 is 0. The molecule has 0 saturated heterocycles. The maximum absolute atomic E-state index is 9.61. The molecule has 0 unspecified atom stereocenters. The molecule has 0 heterocycles. The van der Waals surface area contributed by atoms with E-state index in [4.69, 9.17) is 0 Å². The summed E-state index contributed by atoms with van der Waals surface area (Å²) in [6.45, 7) is 0.222. The van der Waals surface area contributed by atoms with E-state index in [0.717, 1.165) is 24.6 Å². The molecule has 60 valence electrons. The third kappa shape index (κ3) is 7.68. The minimum atomic E-state index is -0.756. The van der Waals surface area contributed by atoms with Crippen molar-refractivity contribution in [1.29, 1.82) is 0 Å². The lowest BCUT2D eigenvalue weighted by Crippen LogP contribution is -2.01. The predicted octanol–water partition coefficient (Wildman–Crippen LogP) is 1.76. The zero-order valence-corrected chi connectivity index (χ0v) is 7.17. The second kappa shape index (κ2) is 6.80. The van der Waals surface area contributed by atoms with Crippen LogP contribution in [0.25, 0.3) is 0 Å². The van der Waals surface area contributed by atoms with Crippen LogP contribution in [0.4, 0.5) is 0 Å². The number of hydrogen-bond acceptors (Lipinski definition) is 3. The van der Waals surface area contributed by atoms with Crippen LogP contribution in [0.3, 0.4) is 0 Å². The minimum Gasteiger partial charge on any atom is -0.314 e. The van der Waals surface area contributed by atoms with Crippen LogP contribution in [0.2, 0.25) is 0 Å². The Hall–Kier alpha value is -0.320. The van der Waals surface area contributed by atoms with Gasteiger partial charge in [-0.15, -0.1) is 10.1 Å². The van der Waals surface area contributed by atoms with Crippen molar-refractivity contribution in [3.05, 3.63) is 10.1 Å². The summed E-state index contributed by atoms with van der Waals surface area (Å²) in [5.74, 6) is 0. The number of halogens is 1. The number of rotatable bonds is 6. The molecule has 0 fully saturated rings. The Kier molecular flexibility index (Phi) is 6.58. The van der Waals surface area contributed by atoms with Crippen LogP contribution >= 0.6 is 15.9 Å². The van der Waals surface area contributed by atoms with E-state index in [1.807, 2.05) is 0 Å². The minimum absolute atomic E-state index is 0.222. The maximum Gasteiger partial charge on any atom is 0.294 e. The Morgan fingerprint density at radius 1 is 1.40 bits per heavy atom. The molecular weight excluding hydrogens is 202 g/mol. The highest BCUT2D eigenvalue weighted by atomic mass is 79.9. The number of unbranched alkanes of at least 4 members (excludes halogenated alkanes) is 2. The number of hydrogen-bond donors (Lipinski definition) is 0. The van der Waals surface area contributed by atoms with Gasteiger partial charge in [0.2, 0.25) is 0 Å². The Morgan fingerprint density at radius 3 is 2.60 bits per heavy atom. The first-order valence-corrected chi connectivity index (χ1v) is 4.23. The average Bonchev–Trinajstić information content (AvgIpc) is 1.87. The van der Waals surface area contributed by atoms with Crippen molar-refractivity contribution in [2.75, 3.05) is 11.9 Å². The first-order chi connectivity index (χ1) is 4.77. The summed E-state index contributed by atoms with van der Waals surface area (Å²) in [6, 6.07) is 0. The molecule has 5 heteroatoms. The van der Waals surface area contributed by atoms with Gasteiger partial charge in [0.15, 0.2) is 0 Å². The smallest absolute Gasteiger partial charge is 0.294 e. The first kappa shape index (κ1) is 9.68. The first-order valence-electron chi connectivity index (χ1n) is 3.10. The van der Waals surface area contributed by atoms with Gasteiger partial charge in [-0.3, -0.25) is 0 Å². The molecule has 0 aromatic carbocycles. The zero-order chi connectivity index (χ0) is 7.82. The van der Waals surface area contributed by atoms with Gasteiger partial charge in [-0.25, -0.2) is 0 Å². The molecule has 0 saturated carbocycles. The molecule has 0 atom stereocenters. The fourth-order valence-electron chi connectivity index (χ4n) is 0.512. The molecule has 0 bridgehead atoms. The van der Waals surface area contributed by atoms with Gasteiger partial charge in [-0.05, 0) is 12.8 Å². The summed E-state index contributed by atoms with van der Waals surface area (Å²) in [5.41, 5.74) is 0. The number of alkyl halides is 1. The average molecular weight is 212 g/mol. The fourth-order valence-corrected chi connectivity index (χ4v) is 0.909. The van der Waals surface area contributed by atoms with Crippen LogP contribution in [0.15, 0.2) is 0 Å². The summed E-state index contributed by atoms with van der Waals surface area (Å²) in [7, 11) is 0. The second-order valence-corrected chi connectivity index (χ2v) is 2.60. The monoisotopic (exact) mass is 211 g/mol.